The largest absolute Gasteiger partial charge is 0.491 e. The third kappa shape index (κ3) is 22.4. The van der Waals surface area contributed by atoms with Gasteiger partial charge in [0.1, 0.15) is 36.4 Å². The van der Waals surface area contributed by atoms with Gasteiger partial charge in [0.15, 0.2) is 0 Å². The second-order valence-corrected chi connectivity index (χ2v) is 15.2. The van der Waals surface area contributed by atoms with Gasteiger partial charge in [-0.05, 0) is 84.6 Å². The van der Waals surface area contributed by atoms with E-state index in [2.05, 4.69) is 5.32 Å². The summed E-state index contributed by atoms with van der Waals surface area (Å²) in [6, 6.07) is 14.4. The molecule has 0 amide bonds. The molecule has 0 unspecified atom stereocenters. The fourth-order valence-electron chi connectivity index (χ4n) is 6.72. The Labute approximate surface area is 406 Å². The van der Waals surface area contributed by atoms with Gasteiger partial charge in [-0.3, -0.25) is 4.79 Å². The second kappa shape index (κ2) is 35.6. The van der Waals surface area contributed by atoms with E-state index in [-0.39, 0.29) is 13.2 Å². The number of fused-ring (bicyclic) bond motifs is 2. The van der Waals surface area contributed by atoms with Crippen molar-refractivity contribution in [2.75, 3.05) is 185 Å². The Kier molecular flexibility index (Phi) is 29.5. The minimum Gasteiger partial charge on any atom is -0.491 e. The Morgan fingerprint density at radius 1 is 0.435 bits per heavy atom. The number of nitrogens with one attached hydrogen (secondary N) is 1. The van der Waals surface area contributed by atoms with Crippen LogP contribution in [0.2, 0.25) is 0 Å². The number of ether oxygens (including phenoxy) is 16. The zero-order valence-electron chi connectivity index (χ0n) is 41.0. The van der Waals surface area contributed by atoms with E-state index >= 15 is 0 Å². The van der Waals surface area contributed by atoms with Crippen LogP contribution in [0.5, 0.6) is 17.2 Å². The molecule has 19 nitrogen and oxygen atoms in total. The van der Waals surface area contributed by atoms with Crippen LogP contribution in [-0.4, -0.2) is 192 Å². The summed E-state index contributed by atoms with van der Waals surface area (Å²) in [5.74, 6) is -0.410. The molecule has 0 bridgehead atoms. The van der Waals surface area contributed by atoms with E-state index < -0.39 is 17.9 Å². The lowest BCUT2D eigenvalue weighted by Crippen LogP contribution is -2.25. The van der Waals surface area contributed by atoms with Crippen LogP contribution in [0.4, 0.5) is 11.4 Å². The van der Waals surface area contributed by atoms with E-state index in [4.69, 9.17) is 75.8 Å². The van der Waals surface area contributed by atoms with Gasteiger partial charge in [0.2, 0.25) is 0 Å². The maximum absolute atomic E-state index is 14.4. The summed E-state index contributed by atoms with van der Waals surface area (Å²) in [4.78, 5) is 26.7. The smallest absolute Gasteiger partial charge is 0.337 e. The summed E-state index contributed by atoms with van der Waals surface area (Å²) in [6.45, 7) is 14.3. The van der Waals surface area contributed by atoms with Crippen molar-refractivity contribution in [3.05, 3.63) is 76.3 Å². The molecule has 3 aromatic carbocycles. The van der Waals surface area contributed by atoms with Gasteiger partial charge in [-0.2, -0.15) is 0 Å². The first-order valence-corrected chi connectivity index (χ1v) is 23.3. The van der Waals surface area contributed by atoms with E-state index in [0.717, 1.165) is 11.4 Å². The Hall–Kier alpha value is -4.48. The zero-order valence-corrected chi connectivity index (χ0v) is 41.0. The molecule has 0 aromatic heterocycles. The van der Waals surface area contributed by atoms with Crippen molar-refractivity contribution in [1.82, 2.24) is 0 Å². The molecule has 1 aliphatic heterocycles. The molecule has 0 aliphatic carbocycles. The maximum Gasteiger partial charge on any atom is 0.337 e. The van der Waals surface area contributed by atoms with Crippen molar-refractivity contribution < 1.29 is 85.4 Å². The number of carbonyl (C=O) groups excluding carboxylic acids is 2. The number of rotatable bonds is 41. The molecule has 1 N–H and O–H groups in total. The van der Waals surface area contributed by atoms with Crippen molar-refractivity contribution in [2.45, 2.75) is 19.8 Å². The normalized spacial score (nSPS) is 12.1. The lowest BCUT2D eigenvalue weighted by Gasteiger charge is -2.29. The lowest BCUT2D eigenvalue weighted by molar-refractivity contribution is -0.135. The number of carbonyl (C=O) groups is 2. The second-order valence-electron chi connectivity index (χ2n) is 15.2. The van der Waals surface area contributed by atoms with Crippen molar-refractivity contribution in [3.8, 4) is 17.2 Å². The summed E-state index contributed by atoms with van der Waals surface area (Å²) >= 11 is 0. The number of aryl methyl sites for hydroxylation is 2. The summed E-state index contributed by atoms with van der Waals surface area (Å²) < 4.78 is 88.4. The van der Waals surface area contributed by atoms with Crippen molar-refractivity contribution in [1.29, 1.82) is 0 Å². The molecule has 19 heteroatoms. The first-order valence-electron chi connectivity index (χ1n) is 23.3. The minimum atomic E-state index is -0.867. The van der Waals surface area contributed by atoms with Gasteiger partial charge < -0.3 is 81.1 Å². The van der Waals surface area contributed by atoms with Gasteiger partial charge in [0.05, 0.1) is 158 Å². The standard InChI is InChI=1S/C50H73NO18/c1-38-34-40(49(52)56-5)35-39(2)48(38)69-50(53)47-43-36-41(67-32-30-65-28-26-63-24-22-61-20-18-59-16-14-57-12-10-54-3)6-8-45(43)51-46-9-7-42(37-44(46)47)68-33-31-66-29-27-64-25-23-62-21-19-60-17-15-58-13-11-55-4/h6-9,34-37,47,51H,10-33H2,1-5H3. The number of anilines is 2. The predicted molar refractivity (Wildman–Crippen MR) is 254 cm³/mol. The molecule has 0 saturated carbocycles. The Balaban J connectivity index is 1.23. The number of hydrogen-bond acceptors (Lipinski definition) is 19. The molecule has 69 heavy (non-hydrogen) atoms. The predicted octanol–water partition coefficient (Wildman–Crippen LogP) is 5.10. The number of methoxy groups -OCH3 is 3. The van der Waals surface area contributed by atoms with Gasteiger partial charge in [0, 0.05) is 25.6 Å². The van der Waals surface area contributed by atoms with Crippen LogP contribution < -0.4 is 19.5 Å². The number of benzene rings is 3. The van der Waals surface area contributed by atoms with Crippen LogP contribution >= 0.6 is 0 Å². The monoisotopic (exact) mass is 975 g/mol. The average Bonchev–Trinajstić information content (AvgIpc) is 3.35. The molecule has 0 spiro atoms. The summed E-state index contributed by atoms with van der Waals surface area (Å²) in [5, 5.41) is 3.45. The molecule has 1 aliphatic rings. The minimum absolute atomic E-state index is 0.271. The molecule has 4 rings (SSSR count). The molecule has 1 heterocycles. The van der Waals surface area contributed by atoms with E-state index in [1.165, 1.54) is 7.11 Å². The van der Waals surface area contributed by atoms with Gasteiger partial charge in [-0.1, -0.05) is 0 Å². The first kappa shape index (κ1) is 57.1. The van der Waals surface area contributed by atoms with Crippen molar-refractivity contribution in [3.63, 3.8) is 0 Å². The van der Waals surface area contributed by atoms with Gasteiger partial charge in [-0.15, -0.1) is 0 Å². The Bertz CT molecular complexity index is 1770. The van der Waals surface area contributed by atoms with E-state index in [1.54, 1.807) is 40.2 Å². The Morgan fingerprint density at radius 3 is 1.07 bits per heavy atom. The van der Waals surface area contributed by atoms with Crippen molar-refractivity contribution in [2.24, 2.45) is 0 Å². The summed E-state index contributed by atoms with van der Waals surface area (Å²) in [5.41, 5.74) is 4.33. The highest BCUT2D eigenvalue weighted by atomic mass is 16.6. The topological polar surface area (TPSA) is 194 Å². The van der Waals surface area contributed by atoms with Crippen LogP contribution in [0.25, 0.3) is 0 Å². The van der Waals surface area contributed by atoms with Gasteiger partial charge >= 0.3 is 11.9 Å². The number of esters is 2. The average molecular weight is 976 g/mol. The third-order valence-corrected chi connectivity index (χ3v) is 10.1. The van der Waals surface area contributed by atoms with Crippen LogP contribution in [-0.2, 0) is 66.4 Å². The van der Waals surface area contributed by atoms with E-state index in [9.17, 15) is 9.59 Å². The molecule has 0 fully saturated rings. The zero-order chi connectivity index (χ0) is 49.2. The molecule has 3 aromatic rings. The molecule has 0 atom stereocenters. The van der Waals surface area contributed by atoms with Crippen molar-refractivity contribution >= 4 is 23.3 Å². The van der Waals surface area contributed by atoms with E-state index in [1.807, 2.05) is 36.4 Å². The SMILES string of the molecule is COCCOCCOCCOCCOCCOCCOc1ccc2c(c1)C(C(=O)Oc1c(C)cc(C(=O)OC)cc1C)c1cc(OCCOCCOCCOCCOCCOCCOC)ccc1N2. The molecular weight excluding hydrogens is 903 g/mol. The molecule has 386 valence electrons. The van der Waals surface area contributed by atoms with E-state index in [0.29, 0.717) is 190 Å². The molecule has 0 saturated heterocycles. The fourth-order valence-corrected chi connectivity index (χ4v) is 6.72. The van der Waals surface area contributed by atoms with Crippen LogP contribution in [0, 0.1) is 13.8 Å². The van der Waals surface area contributed by atoms with Crippen LogP contribution in [0.1, 0.15) is 38.5 Å². The number of hydrogen-bond donors (Lipinski definition) is 1. The first-order chi connectivity index (χ1) is 33.9. The summed E-state index contributed by atoms with van der Waals surface area (Å²) in [6.07, 6.45) is 0. The van der Waals surface area contributed by atoms with Gasteiger partial charge in [-0.25, -0.2) is 4.79 Å². The third-order valence-electron chi connectivity index (χ3n) is 10.1. The lowest BCUT2D eigenvalue weighted by atomic mass is 9.85. The highest BCUT2D eigenvalue weighted by molar-refractivity contribution is 5.93. The van der Waals surface area contributed by atoms with Crippen LogP contribution in [0.3, 0.4) is 0 Å². The summed E-state index contributed by atoms with van der Waals surface area (Å²) in [7, 11) is 4.59. The molecule has 0 radical (unpaired) electrons. The molecular formula is C50H73NO18. The Morgan fingerprint density at radius 2 is 0.754 bits per heavy atom. The highest BCUT2D eigenvalue weighted by Crippen LogP contribution is 2.45. The highest BCUT2D eigenvalue weighted by Gasteiger charge is 2.34. The fraction of sp³-hybridized carbons (Fsp3) is 0.600. The van der Waals surface area contributed by atoms with Gasteiger partial charge in [0.25, 0.3) is 0 Å². The van der Waals surface area contributed by atoms with Crippen LogP contribution in [0.15, 0.2) is 48.5 Å². The maximum atomic E-state index is 14.4. The quantitative estimate of drug-likeness (QED) is 0.0448.